The van der Waals surface area contributed by atoms with Crippen LogP contribution in [0, 0.1) is 0 Å². The molecule has 1 aromatic carbocycles. The summed E-state index contributed by atoms with van der Waals surface area (Å²) in [6, 6.07) is 7.62. The molecular formula is C15H17N5O2S2. The standard InChI is InChI=1S/C15H17N5O2S2/c1-20-13(10-3-5-11(22-2)6-4-10)18-19-15(20)24-9-12(21)17-14-16-7-8-23-14/h3-6H,7-9H2,1-2H3,(H,16,17,21). The first-order valence-corrected chi connectivity index (χ1v) is 9.28. The van der Waals surface area contributed by atoms with Crippen molar-refractivity contribution < 1.29 is 9.53 Å². The van der Waals surface area contributed by atoms with Crippen molar-refractivity contribution in [1.82, 2.24) is 20.1 Å². The van der Waals surface area contributed by atoms with E-state index in [0.717, 1.165) is 29.4 Å². The fourth-order valence-corrected chi connectivity index (χ4v) is 3.58. The number of aromatic nitrogens is 3. The minimum atomic E-state index is -0.0813. The summed E-state index contributed by atoms with van der Waals surface area (Å²) in [6.45, 7) is 0.766. The number of rotatable bonds is 5. The van der Waals surface area contributed by atoms with Gasteiger partial charge in [0.05, 0.1) is 19.4 Å². The van der Waals surface area contributed by atoms with Gasteiger partial charge in [0.25, 0.3) is 0 Å². The maximum atomic E-state index is 11.9. The summed E-state index contributed by atoms with van der Waals surface area (Å²) in [5.41, 5.74) is 0.943. The largest absolute Gasteiger partial charge is 0.497 e. The number of amides is 1. The van der Waals surface area contributed by atoms with Gasteiger partial charge in [-0.15, -0.1) is 10.2 Å². The number of methoxy groups -OCH3 is 1. The highest BCUT2D eigenvalue weighted by molar-refractivity contribution is 8.14. The van der Waals surface area contributed by atoms with E-state index in [0.29, 0.717) is 10.3 Å². The summed E-state index contributed by atoms with van der Waals surface area (Å²) >= 11 is 2.92. The first-order valence-electron chi connectivity index (χ1n) is 7.31. The molecule has 0 unspecified atom stereocenters. The molecule has 0 aliphatic carbocycles. The van der Waals surface area contributed by atoms with Gasteiger partial charge < -0.3 is 14.6 Å². The fraction of sp³-hybridized carbons (Fsp3) is 0.333. The molecule has 1 N–H and O–H groups in total. The number of thioether (sulfide) groups is 2. The monoisotopic (exact) mass is 363 g/mol. The zero-order valence-corrected chi connectivity index (χ0v) is 15.0. The Hall–Kier alpha value is -2.00. The van der Waals surface area contributed by atoms with Crippen LogP contribution in [0.15, 0.2) is 34.4 Å². The average Bonchev–Trinajstić information content (AvgIpc) is 3.23. The lowest BCUT2D eigenvalue weighted by molar-refractivity contribution is -0.117. The zero-order valence-electron chi connectivity index (χ0n) is 13.4. The topological polar surface area (TPSA) is 81.4 Å². The Morgan fingerprint density at radius 1 is 1.38 bits per heavy atom. The van der Waals surface area contributed by atoms with E-state index in [1.807, 2.05) is 35.9 Å². The minimum absolute atomic E-state index is 0.0813. The van der Waals surface area contributed by atoms with Crippen LogP contribution < -0.4 is 10.1 Å². The van der Waals surface area contributed by atoms with Crippen molar-refractivity contribution in [1.29, 1.82) is 0 Å². The molecule has 0 spiro atoms. The van der Waals surface area contributed by atoms with E-state index in [2.05, 4.69) is 20.5 Å². The van der Waals surface area contributed by atoms with Gasteiger partial charge in [-0.3, -0.25) is 9.79 Å². The Labute approximate surface area is 148 Å². The predicted octanol–water partition coefficient (Wildman–Crippen LogP) is 1.80. The van der Waals surface area contributed by atoms with Gasteiger partial charge >= 0.3 is 0 Å². The van der Waals surface area contributed by atoms with Crippen LogP contribution >= 0.6 is 23.5 Å². The molecule has 1 aliphatic heterocycles. The second-order valence-electron chi connectivity index (χ2n) is 4.97. The number of nitrogens with one attached hydrogen (secondary N) is 1. The third-order valence-corrected chi connectivity index (χ3v) is 5.26. The highest BCUT2D eigenvalue weighted by Crippen LogP contribution is 2.24. The number of nitrogens with zero attached hydrogens (tertiary/aromatic N) is 4. The molecule has 0 radical (unpaired) electrons. The van der Waals surface area contributed by atoms with Crippen LogP contribution in [0.25, 0.3) is 11.4 Å². The highest BCUT2D eigenvalue weighted by atomic mass is 32.2. The van der Waals surface area contributed by atoms with Crippen molar-refractivity contribution in [3.63, 3.8) is 0 Å². The molecule has 24 heavy (non-hydrogen) atoms. The van der Waals surface area contributed by atoms with E-state index in [1.165, 1.54) is 11.8 Å². The second kappa shape index (κ2) is 7.71. The van der Waals surface area contributed by atoms with E-state index in [-0.39, 0.29) is 11.7 Å². The lowest BCUT2D eigenvalue weighted by Crippen LogP contribution is -2.29. The molecule has 1 aliphatic rings. The van der Waals surface area contributed by atoms with E-state index in [4.69, 9.17) is 4.74 Å². The molecular weight excluding hydrogens is 346 g/mol. The van der Waals surface area contributed by atoms with Crippen LogP contribution in [0.1, 0.15) is 0 Å². The molecule has 0 atom stereocenters. The van der Waals surface area contributed by atoms with Gasteiger partial charge in [0, 0.05) is 18.4 Å². The average molecular weight is 363 g/mol. The summed E-state index contributed by atoms with van der Waals surface area (Å²) in [7, 11) is 3.52. The van der Waals surface area contributed by atoms with Gasteiger partial charge in [0.2, 0.25) is 5.91 Å². The van der Waals surface area contributed by atoms with Gasteiger partial charge in [0.15, 0.2) is 16.1 Å². The highest BCUT2D eigenvalue weighted by Gasteiger charge is 2.15. The summed E-state index contributed by atoms with van der Waals surface area (Å²) in [4.78, 5) is 16.1. The Kier molecular flexibility index (Phi) is 5.41. The molecule has 2 heterocycles. The van der Waals surface area contributed by atoms with Crippen molar-refractivity contribution in [3.8, 4) is 17.1 Å². The number of carbonyl (C=O) groups excluding carboxylic acids is 1. The number of carbonyl (C=O) groups is 1. The normalized spacial score (nSPS) is 13.7. The Bertz CT molecular complexity index is 758. The quantitative estimate of drug-likeness (QED) is 0.816. The van der Waals surface area contributed by atoms with E-state index in [9.17, 15) is 4.79 Å². The maximum absolute atomic E-state index is 11.9. The SMILES string of the molecule is COc1ccc(-c2nnc(SCC(=O)NC3=NCCS3)n2C)cc1. The van der Waals surface area contributed by atoms with Crippen molar-refractivity contribution in [2.75, 3.05) is 25.2 Å². The number of amidine groups is 1. The lowest BCUT2D eigenvalue weighted by atomic mass is 10.2. The Balaban J connectivity index is 1.62. The first kappa shape index (κ1) is 16.8. The van der Waals surface area contributed by atoms with Crippen LogP contribution in [-0.4, -0.2) is 51.0 Å². The summed E-state index contributed by atoms with van der Waals surface area (Å²) < 4.78 is 7.03. The summed E-state index contributed by atoms with van der Waals surface area (Å²) in [5, 5.41) is 12.6. The Morgan fingerprint density at radius 3 is 2.83 bits per heavy atom. The van der Waals surface area contributed by atoms with E-state index in [1.54, 1.807) is 18.9 Å². The van der Waals surface area contributed by atoms with Gasteiger partial charge in [-0.25, -0.2) is 0 Å². The smallest absolute Gasteiger partial charge is 0.236 e. The lowest BCUT2D eigenvalue weighted by Gasteiger charge is -2.05. The molecule has 0 fully saturated rings. The molecule has 0 bridgehead atoms. The predicted molar refractivity (Wildman–Crippen MR) is 96.6 cm³/mol. The molecule has 1 aromatic heterocycles. The third kappa shape index (κ3) is 3.90. The van der Waals surface area contributed by atoms with Crippen molar-refractivity contribution in [2.45, 2.75) is 5.16 Å². The number of benzene rings is 1. The first-order chi connectivity index (χ1) is 11.7. The van der Waals surface area contributed by atoms with E-state index >= 15 is 0 Å². The third-order valence-electron chi connectivity index (χ3n) is 3.35. The van der Waals surface area contributed by atoms with Gasteiger partial charge in [-0.05, 0) is 24.3 Å². The van der Waals surface area contributed by atoms with E-state index < -0.39 is 0 Å². The van der Waals surface area contributed by atoms with Crippen LogP contribution in [0.2, 0.25) is 0 Å². The van der Waals surface area contributed by atoms with Gasteiger partial charge in [0.1, 0.15) is 5.75 Å². The summed E-state index contributed by atoms with van der Waals surface area (Å²) in [5.74, 6) is 2.66. The molecule has 1 amide bonds. The van der Waals surface area contributed by atoms with Gasteiger partial charge in [-0.1, -0.05) is 23.5 Å². The molecule has 9 heteroatoms. The molecule has 7 nitrogen and oxygen atoms in total. The fourth-order valence-electron chi connectivity index (χ4n) is 2.13. The molecule has 3 rings (SSSR count). The number of hydrogen-bond acceptors (Lipinski definition) is 7. The minimum Gasteiger partial charge on any atom is -0.497 e. The Morgan fingerprint density at radius 2 is 2.17 bits per heavy atom. The van der Waals surface area contributed by atoms with Crippen molar-refractivity contribution >= 4 is 34.6 Å². The summed E-state index contributed by atoms with van der Waals surface area (Å²) in [6.07, 6.45) is 0. The number of aliphatic imine (C=N–C) groups is 1. The van der Waals surface area contributed by atoms with Crippen molar-refractivity contribution in [3.05, 3.63) is 24.3 Å². The molecule has 0 saturated heterocycles. The molecule has 2 aromatic rings. The molecule has 0 saturated carbocycles. The van der Waals surface area contributed by atoms with Crippen LogP contribution in [0.5, 0.6) is 5.75 Å². The van der Waals surface area contributed by atoms with Crippen molar-refractivity contribution in [2.24, 2.45) is 12.0 Å². The van der Waals surface area contributed by atoms with Crippen LogP contribution in [-0.2, 0) is 11.8 Å². The zero-order chi connectivity index (χ0) is 16.9. The second-order valence-corrected chi connectivity index (χ2v) is 6.99. The maximum Gasteiger partial charge on any atom is 0.236 e. The van der Waals surface area contributed by atoms with Crippen LogP contribution in [0.3, 0.4) is 0 Å². The number of hydrogen-bond donors (Lipinski definition) is 1. The van der Waals surface area contributed by atoms with Crippen LogP contribution in [0.4, 0.5) is 0 Å². The molecule has 126 valence electrons. The van der Waals surface area contributed by atoms with Gasteiger partial charge in [-0.2, -0.15) is 0 Å². The number of ether oxygens (including phenoxy) is 1.